The van der Waals surface area contributed by atoms with Crippen molar-refractivity contribution in [3.63, 3.8) is 0 Å². The van der Waals surface area contributed by atoms with Crippen molar-refractivity contribution in [2.45, 2.75) is 6.42 Å². The zero-order valence-corrected chi connectivity index (χ0v) is 14.4. The average Bonchev–Trinajstić information content (AvgIpc) is 3.14. The van der Waals surface area contributed by atoms with E-state index in [2.05, 4.69) is 20.3 Å². The highest BCUT2D eigenvalue weighted by Crippen LogP contribution is 2.30. The maximum atomic E-state index is 12.1. The Hall–Kier alpha value is -3.67. The topological polar surface area (TPSA) is 79.9 Å². The Labute approximate surface area is 155 Å². The van der Waals surface area contributed by atoms with Crippen LogP contribution in [0.25, 0.3) is 22.2 Å². The molecule has 0 bridgehead atoms. The first-order valence-corrected chi connectivity index (χ1v) is 8.77. The van der Waals surface area contributed by atoms with E-state index in [9.17, 15) is 4.79 Å². The minimum Gasteiger partial charge on any atom is -0.424 e. The molecule has 132 valence electrons. The number of fused-ring (bicyclic) bond motifs is 2. The van der Waals surface area contributed by atoms with E-state index in [1.54, 1.807) is 6.20 Å². The van der Waals surface area contributed by atoms with Crippen LogP contribution in [0.2, 0.25) is 0 Å². The van der Waals surface area contributed by atoms with Crippen molar-refractivity contribution in [1.29, 1.82) is 0 Å². The van der Waals surface area contributed by atoms with Crippen LogP contribution >= 0.6 is 0 Å². The Morgan fingerprint density at radius 2 is 1.89 bits per heavy atom. The monoisotopic (exact) mass is 356 g/mol. The third-order valence-corrected chi connectivity index (χ3v) is 4.64. The highest BCUT2D eigenvalue weighted by molar-refractivity contribution is 5.99. The van der Waals surface area contributed by atoms with Gasteiger partial charge in [-0.15, -0.1) is 0 Å². The van der Waals surface area contributed by atoms with E-state index in [0.29, 0.717) is 17.9 Å². The molecule has 0 saturated heterocycles. The number of nitrogens with one attached hydrogen (secondary N) is 2. The normalized spacial score (nSPS) is 13.3. The first kappa shape index (κ1) is 15.6. The van der Waals surface area contributed by atoms with E-state index >= 15 is 0 Å². The molecule has 1 amide bonds. The lowest BCUT2D eigenvalue weighted by Crippen LogP contribution is -2.31. The van der Waals surface area contributed by atoms with Crippen molar-refractivity contribution >= 4 is 16.8 Å². The molecule has 6 heteroatoms. The summed E-state index contributed by atoms with van der Waals surface area (Å²) in [5, 5.41) is 3.78. The molecule has 0 saturated carbocycles. The van der Waals surface area contributed by atoms with Gasteiger partial charge in [0.05, 0.1) is 11.1 Å². The van der Waals surface area contributed by atoms with Crippen molar-refractivity contribution < 1.29 is 9.53 Å². The zero-order chi connectivity index (χ0) is 18.2. The maximum absolute atomic E-state index is 12.1. The number of rotatable bonds is 3. The number of para-hydroxylation sites is 2. The number of hydrogen-bond donors (Lipinski definition) is 2. The molecule has 0 radical (unpaired) electrons. The van der Waals surface area contributed by atoms with Gasteiger partial charge in [0, 0.05) is 41.5 Å². The number of hydrogen-bond acceptors (Lipinski definition) is 4. The number of aromatic nitrogens is 3. The quantitative estimate of drug-likeness (QED) is 0.586. The molecule has 1 aliphatic heterocycles. The van der Waals surface area contributed by atoms with Crippen molar-refractivity contribution in [2.24, 2.45) is 0 Å². The summed E-state index contributed by atoms with van der Waals surface area (Å²) in [4.78, 5) is 24.4. The Bertz CT molecular complexity index is 1150. The summed E-state index contributed by atoms with van der Waals surface area (Å²) in [6.45, 7) is 0.651. The predicted molar refractivity (Wildman–Crippen MR) is 102 cm³/mol. The van der Waals surface area contributed by atoms with Crippen LogP contribution in [0.1, 0.15) is 16.1 Å². The second kappa shape index (κ2) is 6.25. The van der Waals surface area contributed by atoms with Gasteiger partial charge < -0.3 is 15.0 Å². The van der Waals surface area contributed by atoms with Crippen LogP contribution in [0.5, 0.6) is 11.8 Å². The fourth-order valence-electron chi connectivity index (χ4n) is 3.34. The van der Waals surface area contributed by atoms with Crippen LogP contribution in [0.3, 0.4) is 0 Å². The summed E-state index contributed by atoms with van der Waals surface area (Å²) in [5.74, 6) is 0.642. The number of ether oxygens (including phenoxy) is 1. The summed E-state index contributed by atoms with van der Waals surface area (Å²) in [7, 11) is 0. The summed E-state index contributed by atoms with van der Waals surface area (Å²) in [6.07, 6.45) is 2.54. The molecule has 0 spiro atoms. The van der Waals surface area contributed by atoms with E-state index in [-0.39, 0.29) is 11.9 Å². The molecule has 2 aromatic heterocycles. The van der Waals surface area contributed by atoms with Crippen LogP contribution in [0.4, 0.5) is 0 Å². The molecule has 3 heterocycles. The Morgan fingerprint density at radius 1 is 1.00 bits per heavy atom. The Balaban J connectivity index is 1.60. The molecule has 0 atom stereocenters. The first-order valence-electron chi connectivity index (χ1n) is 8.77. The molecule has 5 rings (SSSR count). The van der Waals surface area contributed by atoms with Gasteiger partial charge in [0.2, 0.25) is 0 Å². The van der Waals surface area contributed by atoms with Crippen molar-refractivity contribution in [3.8, 4) is 23.0 Å². The number of benzene rings is 2. The van der Waals surface area contributed by atoms with Crippen LogP contribution in [-0.2, 0) is 6.42 Å². The third kappa shape index (κ3) is 2.81. The molecule has 27 heavy (non-hydrogen) atoms. The number of nitrogens with zero attached hydrogens (tertiary/aromatic N) is 2. The van der Waals surface area contributed by atoms with Gasteiger partial charge in [-0.3, -0.25) is 4.79 Å². The molecular formula is C21H16N4O2. The molecule has 0 aliphatic carbocycles. The Kier molecular flexibility index (Phi) is 3.60. The van der Waals surface area contributed by atoms with Gasteiger partial charge in [-0.1, -0.05) is 36.4 Å². The fourth-order valence-corrected chi connectivity index (χ4v) is 3.34. The second-order valence-electron chi connectivity index (χ2n) is 6.39. The average molecular weight is 356 g/mol. The fraction of sp³-hybridized carbons (Fsp3) is 0.0952. The minimum atomic E-state index is -0.0401. The standard InChI is InChI=1S/C21H16N4O2/c26-20-16-11-18(24-17(16)9-10-22-20)15-8-4-5-13-12-23-21(25-19(13)15)27-14-6-2-1-3-7-14/h1-8,11-12,24H,9-10H2,(H,22,26). The second-order valence-corrected chi connectivity index (χ2v) is 6.39. The SMILES string of the molecule is O=C1NCCc2[nH]c(-c3cccc4cnc(Oc5ccccc5)nc34)cc21. The van der Waals surface area contributed by atoms with Crippen LogP contribution in [0.15, 0.2) is 60.8 Å². The van der Waals surface area contributed by atoms with Gasteiger partial charge in [0.1, 0.15) is 5.75 Å². The van der Waals surface area contributed by atoms with Crippen molar-refractivity contribution in [2.75, 3.05) is 6.54 Å². The van der Waals surface area contributed by atoms with E-state index in [4.69, 9.17) is 4.74 Å². The van der Waals surface area contributed by atoms with Crippen LogP contribution in [-0.4, -0.2) is 27.4 Å². The van der Waals surface area contributed by atoms with Gasteiger partial charge in [0.15, 0.2) is 0 Å². The van der Waals surface area contributed by atoms with E-state index < -0.39 is 0 Å². The molecule has 6 nitrogen and oxygen atoms in total. The molecular weight excluding hydrogens is 340 g/mol. The van der Waals surface area contributed by atoms with Crippen LogP contribution < -0.4 is 10.1 Å². The number of carbonyl (C=O) groups excluding carboxylic acids is 1. The number of aromatic amines is 1. The minimum absolute atomic E-state index is 0.0401. The van der Waals surface area contributed by atoms with E-state index in [1.807, 2.05) is 54.6 Å². The summed E-state index contributed by atoms with van der Waals surface area (Å²) in [5.41, 5.74) is 4.21. The molecule has 2 N–H and O–H groups in total. The number of carbonyl (C=O) groups is 1. The van der Waals surface area contributed by atoms with Gasteiger partial charge in [-0.25, -0.2) is 4.98 Å². The molecule has 1 aliphatic rings. The summed E-state index contributed by atoms with van der Waals surface area (Å²) >= 11 is 0. The van der Waals surface area contributed by atoms with Gasteiger partial charge in [0.25, 0.3) is 5.91 Å². The first-order chi connectivity index (χ1) is 13.3. The molecule has 4 aromatic rings. The predicted octanol–water partition coefficient (Wildman–Crippen LogP) is 3.70. The van der Waals surface area contributed by atoms with E-state index in [0.717, 1.165) is 34.3 Å². The lowest BCUT2D eigenvalue weighted by Gasteiger charge is -2.11. The van der Waals surface area contributed by atoms with Crippen molar-refractivity contribution in [1.82, 2.24) is 20.3 Å². The number of amides is 1. The number of H-pyrrole nitrogens is 1. The molecule has 0 fully saturated rings. The maximum Gasteiger partial charge on any atom is 0.322 e. The highest BCUT2D eigenvalue weighted by atomic mass is 16.5. The largest absolute Gasteiger partial charge is 0.424 e. The smallest absolute Gasteiger partial charge is 0.322 e. The molecule has 2 aromatic carbocycles. The zero-order valence-electron chi connectivity index (χ0n) is 14.4. The lowest BCUT2D eigenvalue weighted by molar-refractivity contribution is 0.0946. The van der Waals surface area contributed by atoms with Gasteiger partial charge >= 0.3 is 6.01 Å². The van der Waals surface area contributed by atoms with E-state index in [1.165, 1.54) is 0 Å². The van der Waals surface area contributed by atoms with Gasteiger partial charge in [-0.2, -0.15) is 4.98 Å². The van der Waals surface area contributed by atoms with Crippen molar-refractivity contribution in [3.05, 3.63) is 72.1 Å². The highest BCUT2D eigenvalue weighted by Gasteiger charge is 2.21. The summed E-state index contributed by atoms with van der Waals surface area (Å²) in [6, 6.07) is 17.5. The lowest BCUT2D eigenvalue weighted by atomic mass is 10.1. The third-order valence-electron chi connectivity index (χ3n) is 4.64. The van der Waals surface area contributed by atoms with Gasteiger partial charge in [-0.05, 0) is 18.2 Å². The molecule has 0 unspecified atom stereocenters. The van der Waals surface area contributed by atoms with Crippen LogP contribution in [0, 0.1) is 0 Å². The summed E-state index contributed by atoms with van der Waals surface area (Å²) < 4.78 is 5.78. The Morgan fingerprint density at radius 3 is 2.74 bits per heavy atom.